The van der Waals surface area contributed by atoms with Gasteiger partial charge in [0, 0.05) is 19.3 Å². The van der Waals surface area contributed by atoms with E-state index in [1.165, 1.54) is 173 Å². The van der Waals surface area contributed by atoms with Crippen LogP contribution < -0.4 is 0 Å². The summed E-state index contributed by atoms with van der Waals surface area (Å²) in [5.74, 6) is -0.902. The van der Waals surface area contributed by atoms with Gasteiger partial charge in [0.1, 0.15) is 13.2 Å². The van der Waals surface area contributed by atoms with E-state index in [2.05, 4.69) is 57.2 Å². The average molecular weight is 871 g/mol. The topological polar surface area (TPSA) is 78.9 Å². The molecule has 62 heavy (non-hydrogen) atoms. The van der Waals surface area contributed by atoms with Crippen LogP contribution in [0.5, 0.6) is 0 Å². The molecule has 0 aromatic carbocycles. The van der Waals surface area contributed by atoms with Crippen LogP contribution in [0.1, 0.15) is 284 Å². The van der Waals surface area contributed by atoms with Gasteiger partial charge in [-0.15, -0.1) is 0 Å². The minimum absolute atomic E-state index is 0.0813. The second kappa shape index (κ2) is 51.3. The van der Waals surface area contributed by atoms with E-state index < -0.39 is 6.10 Å². The number of hydrogen-bond acceptors (Lipinski definition) is 6. The minimum Gasteiger partial charge on any atom is -0.462 e. The Bertz CT molecular complexity index is 1050. The first kappa shape index (κ1) is 59.6. The van der Waals surface area contributed by atoms with E-state index in [1.54, 1.807) is 0 Å². The van der Waals surface area contributed by atoms with Gasteiger partial charge in [0.25, 0.3) is 0 Å². The number of unbranched alkanes of at least 4 members (excludes halogenated alkanes) is 33. The molecule has 0 heterocycles. The summed E-state index contributed by atoms with van der Waals surface area (Å²) in [6.07, 6.45) is 59.9. The minimum atomic E-state index is -0.783. The average Bonchev–Trinajstić information content (AvgIpc) is 3.27. The van der Waals surface area contributed by atoms with Gasteiger partial charge in [-0.2, -0.15) is 0 Å². The molecule has 0 rings (SSSR count). The van der Waals surface area contributed by atoms with Gasteiger partial charge < -0.3 is 14.2 Å². The van der Waals surface area contributed by atoms with Crippen molar-refractivity contribution in [1.82, 2.24) is 0 Å². The lowest BCUT2D eigenvalue weighted by molar-refractivity contribution is -0.167. The highest BCUT2D eigenvalue weighted by Gasteiger charge is 2.19. The number of carbonyl (C=O) groups excluding carboxylic acids is 3. The molecule has 0 amide bonds. The molecule has 0 fully saturated rings. The Hall–Kier alpha value is -2.37. The SMILES string of the molecule is CCCCCCCC/C=C\CCCCCCCCCC(=O)OCC(COC(=O)CCCCCCCCCCCCC)OC(=O)CCCCC/C=C\C=C/CCCCCCCCC. The number of allylic oxidation sites excluding steroid dienone is 6. The van der Waals surface area contributed by atoms with Gasteiger partial charge in [0.15, 0.2) is 6.10 Å². The van der Waals surface area contributed by atoms with Crippen molar-refractivity contribution in [3.63, 3.8) is 0 Å². The van der Waals surface area contributed by atoms with Crippen molar-refractivity contribution in [2.24, 2.45) is 0 Å². The summed E-state index contributed by atoms with van der Waals surface area (Å²) in [4.78, 5) is 38.0. The lowest BCUT2D eigenvalue weighted by Crippen LogP contribution is -2.30. The zero-order chi connectivity index (χ0) is 45.1. The van der Waals surface area contributed by atoms with Crippen LogP contribution in [-0.2, 0) is 28.6 Å². The Balaban J connectivity index is 4.38. The molecule has 0 radical (unpaired) electrons. The summed E-state index contributed by atoms with van der Waals surface area (Å²) < 4.78 is 16.8. The van der Waals surface area contributed by atoms with Crippen LogP contribution in [0.3, 0.4) is 0 Å². The van der Waals surface area contributed by atoms with Gasteiger partial charge in [-0.25, -0.2) is 0 Å². The normalized spacial score (nSPS) is 12.2. The van der Waals surface area contributed by atoms with Gasteiger partial charge in [0.05, 0.1) is 0 Å². The Morgan fingerprint density at radius 1 is 0.323 bits per heavy atom. The number of ether oxygens (including phenoxy) is 3. The third-order valence-electron chi connectivity index (χ3n) is 11.9. The standard InChI is InChI=1S/C56H102O6/c1-4-7-10-13-16-19-22-24-26-28-30-31-34-37-40-43-46-49-55(58)61-52-53(51-60-54(57)48-45-42-39-36-33-21-18-15-12-9-6-3)62-56(59)50-47-44-41-38-35-32-29-27-25-23-20-17-14-11-8-5-2/h24,26-27,29,32,35,53H,4-23,25,28,30-31,33-34,36-52H2,1-3H3/b26-24-,29-27-,35-32-. The van der Waals surface area contributed by atoms with Crippen molar-refractivity contribution in [2.75, 3.05) is 13.2 Å². The maximum Gasteiger partial charge on any atom is 0.306 e. The summed E-state index contributed by atoms with van der Waals surface area (Å²) in [6.45, 7) is 6.62. The first-order valence-electron chi connectivity index (χ1n) is 27.0. The molecule has 0 aliphatic heterocycles. The number of rotatable bonds is 49. The Labute approximate surface area is 385 Å². The highest BCUT2D eigenvalue weighted by atomic mass is 16.6. The fourth-order valence-corrected chi connectivity index (χ4v) is 7.78. The van der Waals surface area contributed by atoms with E-state index in [9.17, 15) is 14.4 Å². The summed E-state index contributed by atoms with van der Waals surface area (Å²) >= 11 is 0. The van der Waals surface area contributed by atoms with Crippen molar-refractivity contribution < 1.29 is 28.6 Å². The lowest BCUT2D eigenvalue weighted by atomic mass is 10.1. The van der Waals surface area contributed by atoms with Crippen molar-refractivity contribution in [1.29, 1.82) is 0 Å². The fraction of sp³-hybridized carbons (Fsp3) is 0.839. The van der Waals surface area contributed by atoms with Crippen LogP contribution in [0.15, 0.2) is 36.5 Å². The van der Waals surface area contributed by atoms with Crippen molar-refractivity contribution >= 4 is 17.9 Å². The Kier molecular flexibility index (Phi) is 49.3. The summed E-state index contributed by atoms with van der Waals surface area (Å²) in [7, 11) is 0. The maximum absolute atomic E-state index is 12.8. The molecule has 0 saturated heterocycles. The van der Waals surface area contributed by atoms with Gasteiger partial charge in [-0.1, -0.05) is 231 Å². The van der Waals surface area contributed by atoms with Crippen molar-refractivity contribution in [3.8, 4) is 0 Å². The molecule has 6 nitrogen and oxygen atoms in total. The van der Waals surface area contributed by atoms with Gasteiger partial charge in [-0.05, 0) is 70.6 Å². The van der Waals surface area contributed by atoms with Gasteiger partial charge in [0.2, 0.25) is 0 Å². The first-order chi connectivity index (χ1) is 30.5. The van der Waals surface area contributed by atoms with E-state index in [4.69, 9.17) is 14.2 Å². The zero-order valence-electron chi connectivity index (χ0n) is 41.4. The van der Waals surface area contributed by atoms with Crippen LogP contribution in [-0.4, -0.2) is 37.2 Å². The second-order valence-electron chi connectivity index (χ2n) is 18.2. The van der Waals surface area contributed by atoms with Crippen LogP contribution in [0, 0.1) is 0 Å². The molecular weight excluding hydrogens is 769 g/mol. The Morgan fingerprint density at radius 2 is 0.581 bits per heavy atom. The van der Waals surface area contributed by atoms with E-state index in [0.29, 0.717) is 19.3 Å². The van der Waals surface area contributed by atoms with E-state index in [0.717, 1.165) is 70.6 Å². The molecule has 0 N–H and O–H groups in total. The zero-order valence-corrected chi connectivity index (χ0v) is 41.4. The predicted octanol–water partition coefficient (Wildman–Crippen LogP) is 17.7. The highest BCUT2D eigenvalue weighted by molar-refractivity contribution is 5.71. The molecule has 0 aliphatic carbocycles. The third-order valence-corrected chi connectivity index (χ3v) is 11.9. The van der Waals surface area contributed by atoms with Crippen LogP contribution in [0.2, 0.25) is 0 Å². The molecule has 0 aliphatic rings. The van der Waals surface area contributed by atoms with Crippen LogP contribution >= 0.6 is 0 Å². The molecule has 0 saturated carbocycles. The van der Waals surface area contributed by atoms with Gasteiger partial charge >= 0.3 is 17.9 Å². The smallest absolute Gasteiger partial charge is 0.306 e. The fourth-order valence-electron chi connectivity index (χ4n) is 7.78. The quantitative estimate of drug-likeness (QED) is 0.0199. The number of hydrogen-bond donors (Lipinski definition) is 0. The predicted molar refractivity (Wildman–Crippen MR) is 266 cm³/mol. The molecule has 6 heteroatoms. The third kappa shape index (κ3) is 48.7. The molecule has 1 unspecified atom stereocenters. The summed E-state index contributed by atoms with van der Waals surface area (Å²) in [6, 6.07) is 0. The highest BCUT2D eigenvalue weighted by Crippen LogP contribution is 2.15. The molecule has 0 aromatic rings. The summed E-state index contributed by atoms with van der Waals surface area (Å²) in [5, 5.41) is 0. The molecule has 0 spiro atoms. The van der Waals surface area contributed by atoms with Gasteiger partial charge in [-0.3, -0.25) is 14.4 Å². The summed E-state index contributed by atoms with van der Waals surface area (Å²) in [5.41, 5.74) is 0. The molecular formula is C56H102O6. The molecule has 0 aromatic heterocycles. The molecule has 1 atom stereocenters. The monoisotopic (exact) mass is 871 g/mol. The largest absolute Gasteiger partial charge is 0.462 e. The first-order valence-corrected chi connectivity index (χ1v) is 27.0. The lowest BCUT2D eigenvalue weighted by Gasteiger charge is -2.18. The van der Waals surface area contributed by atoms with Crippen LogP contribution in [0.4, 0.5) is 0 Å². The maximum atomic E-state index is 12.8. The van der Waals surface area contributed by atoms with E-state index >= 15 is 0 Å². The van der Waals surface area contributed by atoms with Crippen LogP contribution in [0.25, 0.3) is 0 Å². The number of esters is 3. The molecule has 0 bridgehead atoms. The van der Waals surface area contributed by atoms with Crippen molar-refractivity contribution in [3.05, 3.63) is 36.5 Å². The van der Waals surface area contributed by atoms with E-state index in [-0.39, 0.29) is 31.1 Å². The van der Waals surface area contributed by atoms with Crippen molar-refractivity contribution in [2.45, 2.75) is 290 Å². The molecule has 362 valence electrons. The number of carbonyl (C=O) groups is 3. The Morgan fingerprint density at radius 3 is 0.919 bits per heavy atom. The second-order valence-corrected chi connectivity index (χ2v) is 18.2. The van der Waals surface area contributed by atoms with E-state index in [1.807, 2.05) is 0 Å².